The first-order valence-corrected chi connectivity index (χ1v) is 34.6. The number of carbonyl (C=O) groups excluding carboxylic acids is 3. The van der Waals surface area contributed by atoms with Gasteiger partial charge in [0.05, 0.1) is 0 Å². The number of hydrogen-bond donors (Lipinski definition) is 0. The first kappa shape index (κ1) is 76.6. The first-order valence-electron chi connectivity index (χ1n) is 34.6. The number of rotatable bonds is 63. The van der Waals surface area contributed by atoms with Gasteiger partial charge in [-0.3, -0.25) is 14.4 Å². The number of allylic oxidation sites excluding steroid dienone is 14. The molecular formula is C74H130O6. The zero-order valence-electron chi connectivity index (χ0n) is 53.1. The lowest BCUT2D eigenvalue weighted by molar-refractivity contribution is -0.167. The van der Waals surface area contributed by atoms with E-state index in [0.29, 0.717) is 19.3 Å². The molecule has 0 amide bonds. The summed E-state index contributed by atoms with van der Waals surface area (Å²) >= 11 is 0. The smallest absolute Gasteiger partial charge is 0.306 e. The van der Waals surface area contributed by atoms with Gasteiger partial charge in [0.2, 0.25) is 0 Å². The van der Waals surface area contributed by atoms with Gasteiger partial charge in [-0.25, -0.2) is 0 Å². The third kappa shape index (κ3) is 65.4. The van der Waals surface area contributed by atoms with Crippen molar-refractivity contribution in [1.82, 2.24) is 0 Å². The van der Waals surface area contributed by atoms with E-state index >= 15 is 0 Å². The molecule has 0 bridgehead atoms. The van der Waals surface area contributed by atoms with E-state index in [-0.39, 0.29) is 31.1 Å². The zero-order valence-corrected chi connectivity index (χ0v) is 53.1. The van der Waals surface area contributed by atoms with Gasteiger partial charge in [0, 0.05) is 19.3 Å². The summed E-state index contributed by atoms with van der Waals surface area (Å²) in [6.07, 6.45) is 90.2. The Kier molecular flexibility index (Phi) is 65.2. The van der Waals surface area contributed by atoms with E-state index in [4.69, 9.17) is 14.2 Å². The largest absolute Gasteiger partial charge is 0.462 e. The predicted molar refractivity (Wildman–Crippen MR) is 348 cm³/mol. The molecule has 0 rings (SSSR count). The topological polar surface area (TPSA) is 78.9 Å². The molecule has 0 saturated carbocycles. The summed E-state index contributed by atoms with van der Waals surface area (Å²) in [5.41, 5.74) is 0. The summed E-state index contributed by atoms with van der Waals surface area (Å²) < 4.78 is 17.0. The molecule has 0 aromatic carbocycles. The molecule has 0 aromatic rings. The molecule has 0 aliphatic rings. The van der Waals surface area contributed by atoms with Crippen LogP contribution in [0.5, 0.6) is 0 Å². The van der Waals surface area contributed by atoms with E-state index in [1.165, 1.54) is 205 Å². The fourth-order valence-electron chi connectivity index (χ4n) is 9.87. The van der Waals surface area contributed by atoms with Crippen LogP contribution in [0.2, 0.25) is 0 Å². The number of unbranched alkanes of at least 4 members (excludes halogenated alkanes) is 38. The average Bonchev–Trinajstić information content (AvgIpc) is 3.46. The van der Waals surface area contributed by atoms with Crippen LogP contribution in [0.1, 0.15) is 348 Å². The molecule has 0 heterocycles. The van der Waals surface area contributed by atoms with Crippen molar-refractivity contribution in [1.29, 1.82) is 0 Å². The van der Waals surface area contributed by atoms with E-state index in [0.717, 1.165) is 103 Å². The monoisotopic (exact) mass is 1110 g/mol. The Morgan fingerprint density at radius 2 is 0.450 bits per heavy atom. The van der Waals surface area contributed by atoms with E-state index in [9.17, 15) is 14.4 Å². The maximum Gasteiger partial charge on any atom is 0.306 e. The maximum atomic E-state index is 13.0. The number of carbonyl (C=O) groups is 3. The molecule has 0 fully saturated rings. The molecule has 0 aliphatic carbocycles. The van der Waals surface area contributed by atoms with Crippen LogP contribution in [0.4, 0.5) is 0 Å². The molecule has 0 spiro atoms. The first-order chi connectivity index (χ1) is 39.5. The van der Waals surface area contributed by atoms with Gasteiger partial charge in [-0.05, 0) is 122 Å². The van der Waals surface area contributed by atoms with Gasteiger partial charge in [-0.15, -0.1) is 0 Å². The highest BCUT2D eigenvalue weighted by atomic mass is 16.6. The van der Waals surface area contributed by atoms with Crippen molar-refractivity contribution in [3.63, 3.8) is 0 Å². The lowest BCUT2D eigenvalue weighted by Crippen LogP contribution is -2.30. The lowest BCUT2D eigenvalue weighted by Gasteiger charge is -2.18. The second-order valence-electron chi connectivity index (χ2n) is 23.1. The fraction of sp³-hybridized carbons (Fsp3) is 0.770. The van der Waals surface area contributed by atoms with Crippen LogP contribution in [-0.2, 0) is 28.6 Å². The second-order valence-corrected chi connectivity index (χ2v) is 23.1. The minimum absolute atomic E-state index is 0.0844. The standard InChI is InChI=1S/C74H130O6/c1-4-7-10-13-16-19-22-25-28-31-34-36-37-39-40-43-46-49-52-55-58-61-64-67-73(76)79-70-71(69-78-72(75)66-63-60-57-54-51-48-45-42-33-30-27-24-21-18-15-12-9-6-3)80-74(77)68-65-62-59-56-53-50-47-44-41-38-35-32-29-26-23-20-17-14-11-8-5-2/h21-26,30-35,41,44,71H,4-20,27-29,36-40,42-43,45-70H2,1-3H3/b24-21-,25-22-,26-23-,33-30-,34-31-,35-32-,44-41-. The SMILES string of the molecule is CCCCCC/C=C\C/C=C\CCCCCCCCCC(=O)OCC(COC(=O)CCCCCCCCCCCCC/C=C\C/C=C\CCCCCCC)OC(=O)CCCCCCCC/C=C\C/C=C\C/C=C\CCCCCCC. The van der Waals surface area contributed by atoms with E-state index in [2.05, 4.69) is 106 Å². The molecule has 0 N–H and O–H groups in total. The summed E-state index contributed by atoms with van der Waals surface area (Å²) in [6, 6.07) is 0. The molecule has 0 aliphatic heterocycles. The highest BCUT2D eigenvalue weighted by molar-refractivity contribution is 5.71. The number of esters is 3. The minimum Gasteiger partial charge on any atom is -0.462 e. The molecule has 1 atom stereocenters. The average molecular weight is 1120 g/mol. The molecule has 80 heavy (non-hydrogen) atoms. The van der Waals surface area contributed by atoms with Gasteiger partial charge in [0.25, 0.3) is 0 Å². The third-order valence-corrected chi connectivity index (χ3v) is 15.1. The van der Waals surface area contributed by atoms with Crippen LogP contribution in [-0.4, -0.2) is 37.2 Å². The molecule has 1 unspecified atom stereocenters. The second kappa shape index (κ2) is 68.1. The Morgan fingerprint density at radius 3 is 0.713 bits per heavy atom. The van der Waals surface area contributed by atoms with E-state index < -0.39 is 6.10 Å². The van der Waals surface area contributed by atoms with Crippen molar-refractivity contribution >= 4 is 17.9 Å². The summed E-state index contributed by atoms with van der Waals surface area (Å²) in [6.45, 7) is 6.63. The van der Waals surface area contributed by atoms with Crippen LogP contribution in [0, 0.1) is 0 Å². The van der Waals surface area contributed by atoms with E-state index in [1.807, 2.05) is 0 Å². The summed E-state index contributed by atoms with van der Waals surface area (Å²) in [4.78, 5) is 38.5. The number of hydrogen-bond acceptors (Lipinski definition) is 6. The minimum atomic E-state index is -0.791. The van der Waals surface area contributed by atoms with Crippen LogP contribution in [0.3, 0.4) is 0 Å². The summed E-state index contributed by atoms with van der Waals surface area (Å²) in [7, 11) is 0. The van der Waals surface area contributed by atoms with Crippen molar-refractivity contribution in [3.8, 4) is 0 Å². The quantitative estimate of drug-likeness (QED) is 0.0261. The zero-order chi connectivity index (χ0) is 57.8. The molecule has 462 valence electrons. The normalized spacial score (nSPS) is 12.6. The van der Waals surface area contributed by atoms with Crippen molar-refractivity contribution in [2.45, 2.75) is 354 Å². The van der Waals surface area contributed by atoms with E-state index in [1.54, 1.807) is 0 Å². The van der Waals surface area contributed by atoms with Gasteiger partial charge >= 0.3 is 17.9 Å². The number of ether oxygens (including phenoxy) is 3. The molecule has 6 nitrogen and oxygen atoms in total. The Morgan fingerprint density at radius 1 is 0.250 bits per heavy atom. The van der Waals surface area contributed by atoms with Crippen molar-refractivity contribution in [2.75, 3.05) is 13.2 Å². The van der Waals surface area contributed by atoms with Gasteiger partial charge in [-0.2, -0.15) is 0 Å². The Hall–Kier alpha value is -3.41. The predicted octanol–water partition coefficient (Wildman–Crippen LogP) is 23.8. The highest BCUT2D eigenvalue weighted by Gasteiger charge is 2.19. The molecule has 0 radical (unpaired) electrons. The Bertz CT molecular complexity index is 1520. The van der Waals surface area contributed by atoms with Gasteiger partial charge in [-0.1, -0.05) is 292 Å². The highest BCUT2D eigenvalue weighted by Crippen LogP contribution is 2.16. The maximum absolute atomic E-state index is 13.0. The van der Waals surface area contributed by atoms with Gasteiger partial charge < -0.3 is 14.2 Å². The Labute approximate surface area is 496 Å². The summed E-state index contributed by atoms with van der Waals surface area (Å²) in [5.74, 6) is -0.891. The van der Waals surface area contributed by atoms with Crippen LogP contribution < -0.4 is 0 Å². The molecule has 0 aromatic heterocycles. The molecule has 6 heteroatoms. The van der Waals surface area contributed by atoms with Crippen LogP contribution in [0.25, 0.3) is 0 Å². The molecule has 0 saturated heterocycles. The molecular weight excluding hydrogens is 985 g/mol. The lowest BCUT2D eigenvalue weighted by atomic mass is 10.0. The van der Waals surface area contributed by atoms with Gasteiger partial charge in [0.1, 0.15) is 13.2 Å². The summed E-state index contributed by atoms with van der Waals surface area (Å²) in [5, 5.41) is 0. The van der Waals surface area contributed by atoms with Crippen molar-refractivity contribution in [2.24, 2.45) is 0 Å². The third-order valence-electron chi connectivity index (χ3n) is 15.1. The van der Waals surface area contributed by atoms with Crippen molar-refractivity contribution in [3.05, 3.63) is 85.1 Å². The van der Waals surface area contributed by atoms with Gasteiger partial charge in [0.15, 0.2) is 6.10 Å². The Balaban J connectivity index is 4.40. The fourth-order valence-corrected chi connectivity index (χ4v) is 9.87. The van der Waals surface area contributed by atoms with Crippen molar-refractivity contribution < 1.29 is 28.6 Å². The van der Waals surface area contributed by atoms with Crippen LogP contribution >= 0.6 is 0 Å². The van der Waals surface area contributed by atoms with Crippen LogP contribution in [0.15, 0.2) is 85.1 Å².